The standard InChI is InChI=1S/C15H13N5S3/c1-2-4-11(5-3-1)6-7-13-19-20-12(17-18-14(20)23-13)10-22-15-16-8-9-21-15/h1-7H,8-10H2/b7-6+. The maximum absolute atomic E-state index is 4.60. The lowest BCUT2D eigenvalue weighted by molar-refractivity contribution is 0.881. The number of thioether (sulfide) groups is 2. The van der Waals surface area contributed by atoms with Crippen molar-refractivity contribution in [3.63, 3.8) is 0 Å². The summed E-state index contributed by atoms with van der Waals surface area (Å²) >= 11 is 5.06. The van der Waals surface area contributed by atoms with Crippen molar-refractivity contribution in [1.82, 2.24) is 19.8 Å². The first-order valence-electron chi connectivity index (χ1n) is 7.13. The highest BCUT2D eigenvalue weighted by Crippen LogP contribution is 2.25. The van der Waals surface area contributed by atoms with E-state index in [4.69, 9.17) is 0 Å². The predicted octanol–water partition coefficient (Wildman–Crippen LogP) is 3.69. The number of rotatable bonds is 4. The largest absolute Gasteiger partial charge is 0.271 e. The van der Waals surface area contributed by atoms with E-state index in [1.54, 1.807) is 23.1 Å². The summed E-state index contributed by atoms with van der Waals surface area (Å²) in [5, 5.41) is 14.0. The van der Waals surface area contributed by atoms with Crippen LogP contribution in [-0.2, 0) is 5.75 Å². The van der Waals surface area contributed by atoms with Gasteiger partial charge in [0.05, 0.1) is 12.3 Å². The number of aliphatic imine (C=N–C) groups is 1. The van der Waals surface area contributed by atoms with Crippen molar-refractivity contribution in [3.05, 3.63) is 46.7 Å². The van der Waals surface area contributed by atoms with Crippen molar-refractivity contribution in [2.75, 3.05) is 12.3 Å². The van der Waals surface area contributed by atoms with Crippen LogP contribution in [0.25, 0.3) is 17.1 Å². The van der Waals surface area contributed by atoms with Crippen molar-refractivity contribution in [1.29, 1.82) is 0 Å². The van der Waals surface area contributed by atoms with Crippen molar-refractivity contribution in [3.8, 4) is 0 Å². The summed E-state index contributed by atoms with van der Waals surface area (Å²) in [6.07, 6.45) is 4.08. The van der Waals surface area contributed by atoms with Crippen LogP contribution in [0, 0.1) is 0 Å². The van der Waals surface area contributed by atoms with E-state index in [1.165, 1.54) is 0 Å². The molecule has 0 atom stereocenters. The van der Waals surface area contributed by atoms with Crippen molar-refractivity contribution in [2.24, 2.45) is 4.99 Å². The molecule has 0 spiro atoms. The molecule has 4 rings (SSSR count). The number of hydrogen-bond donors (Lipinski definition) is 0. The van der Waals surface area contributed by atoms with Gasteiger partial charge in [0, 0.05) is 5.75 Å². The fourth-order valence-electron chi connectivity index (χ4n) is 2.09. The Balaban J connectivity index is 1.51. The molecule has 1 aliphatic rings. The van der Waals surface area contributed by atoms with E-state index >= 15 is 0 Å². The average Bonchev–Trinajstić information content (AvgIpc) is 3.29. The molecule has 3 aromatic rings. The Labute approximate surface area is 145 Å². The fraction of sp³-hybridized carbons (Fsp3) is 0.200. The van der Waals surface area contributed by atoms with Gasteiger partial charge in [0.2, 0.25) is 4.96 Å². The van der Waals surface area contributed by atoms with E-state index in [9.17, 15) is 0 Å². The third kappa shape index (κ3) is 3.49. The summed E-state index contributed by atoms with van der Waals surface area (Å²) in [6.45, 7) is 0.924. The Kier molecular flexibility index (Phi) is 4.45. The van der Waals surface area contributed by atoms with Crippen LogP contribution in [0.1, 0.15) is 16.4 Å². The van der Waals surface area contributed by atoms with Crippen LogP contribution in [0.2, 0.25) is 0 Å². The fourth-order valence-corrected chi connectivity index (χ4v) is 4.77. The van der Waals surface area contributed by atoms with Crippen molar-refractivity contribution >= 4 is 56.3 Å². The first-order chi connectivity index (χ1) is 11.4. The minimum absolute atomic E-state index is 0.749. The third-order valence-electron chi connectivity index (χ3n) is 3.17. The molecule has 23 heavy (non-hydrogen) atoms. The monoisotopic (exact) mass is 359 g/mol. The van der Waals surface area contributed by atoms with Gasteiger partial charge >= 0.3 is 0 Å². The van der Waals surface area contributed by atoms with Gasteiger partial charge in [-0.1, -0.05) is 71.3 Å². The molecule has 0 bridgehead atoms. The second-order valence-electron chi connectivity index (χ2n) is 4.78. The van der Waals surface area contributed by atoms with E-state index in [0.29, 0.717) is 0 Å². The molecular formula is C15H13N5S3. The molecule has 3 heterocycles. The lowest BCUT2D eigenvalue weighted by atomic mass is 10.2. The summed E-state index contributed by atoms with van der Waals surface area (Å²) in [5.41, 5.74) is 1.16. The molecule has 0 radical (unpaired) electrons. The lowest BCUT2D eigenvalue weighted by Gasteiger charge is -1.96. The number of hydrogen-bond acceptors (Lipinski definition) is 7. The maximum Gasteiger partial charge on any atom is 0.234 e. The zero-order chi connectivity index (χ0) is 15.5. The second-order valence-corrected chi connectivity index (χ2v) is 8.07. The molecule has 0 aliphatic carbocycles. The van der Waals surface area contributed by atoms with Crippen LogP contribution in [0.15, 0.2) is 35.3 Å². The van der Waals surface area contributed by atoms with Gasteiger partial charge in [-0.2, -0.15) is 9.61 Å². The highest BCUT2D eigenvalue weighted by atomic mass is 32.2. The molecule has 116 valence electrons. The number of nitrogens with zero attached hydrogens (tertiary/aromatic N) is 5. The van der Waals surface area contributed by atoms with Gasteiger partial charge in [0.1, 0.15) is 9.38 Å². The maximum atomic E-state index is 4.60. The van der Waals surface area contributed by atoms with Crippen LogP contribution < -0.4 is 0 Å². The molecule has 5 nitrogen and oxygen atoms in total. The van der Waals surface area contributed by atoms with Crippen molar-refractivity contribution < 1.29 is 0 Å². The lowest BCUT2D eigenvalue weighted by Crippen LogP contribution is -1.95. The van der Waals surface area contributed by atoms with E-state index in [2.05, 4.69) is 38.5 Å². The number of benzene rings is 1. The third-order valence-corrected chi connectivity index (χ3v) is 6.28. The van der Waals surface area contributed by atoms with Crippen LogP contribution in [0.4, 0.5) is 0 Å². The Morgan fingerprint density at radius 3 is 2.91 bits per heavy atom. The summed E-state index contributed by atoms with van der Waals surface area (Å²) in [7, 11) is 0. The minimum atomic E-state index is 0.749. The molecule has 2 aromatic heterocycles. The molecule has 1 aromatic carbocycles. The Morgan fingerprint density at radius 1 is 1.17 bits per heavy atom. The van der Waals surface area contributed by atoms with E-state index < -0.39 is 0 Å². The Hall–Kier alpha value is -1.64. The van der Waals surface area contributed by atoms with E-state index in [-0.39, 0.29) is 0 Å². The van der Waals surface area contributed by atoms with Crippen LogP contribution >= 0.6 is 34.9 Å². The predicted molar refractivity (Wildman–Crippen MR) is 100 cm³/mol. The molecule has 0 fully saturated rings. The van der Waals surface area contributed by atoms with Crippen LogP contribution in [0.5, 0.6) is 0 Å². The Bertz CT molecular complexity index is 866. The van der Waals surface area contributed by atoms with Gasteiger partial charge in [0.25, 0.3) is 0 Å². The minimum Gasteiger partial charge on any atom is -0.271 e. The quantitative estimate of drug-likeness (QED) is 0.711. The summed E-state index contributed by atoms with van der Waals surface area (Å²) < 4.78 is 2.98. The molecule has 0 saturated heterocycles. The normalized spacial score (nSPS) is 14.9. The van der Waals surface area contributed by atoms with Gasteiger partial charge in [-0.25, -0.2) is 0 Å². The molecule has 8 heteroatoms. The molecule has 0 amide bonds. The zero-order valence-electron chi connectivity index (χ0n) is 12.1. The number of fused-ring (bicyclic) bond motifs is 1. The van der Waals surface area contributed by atoms with E-state index in [0.717, 1.165) is 43.8 Å². The van der Waals surface area contributed by atoms with Crippen LogP contribution in [0.3, 0.4) is 0 Å². The molecule has 0 N–H and O–H groups in total. The summed E-state index contributed by atoms with van der Waals surface area (Å²) in [6, 6.07) is 10.2. The smallest absolute Gasteiger partial charge is 0.234 e. The zero-order valence-corrected chi connectivity index (χ0v) is 14.6. The summed E-state index contributed by atoms with van der Waals surface area (Å²) in [4.78, 5) is 5.27. The van der Waals surface area contributed by atoms with Gasteiger partial charge in [-0.05, 0) is 11.6 Å². The highest BCUT2D eigenvalue weighted by Gasteiger charge is 2.13. The average molecular weight is 360 g/mol. The topological polar surface area (TPSA) is 55.4 Å². The van der Waals surface area contributed by atoms with Crippen LogP contribution in [-0.4, -0.2) is 36.5 Å². The summed E-state index contributed by atoms with van der Waals surface area (Å²) in [5.74, 6) is 2.71. The molecule has 1 aliphatic heterocycles. The van der Waals surface area contributed by atoms with Gasteiger partial charge in [-0.15, -0.1) is 10.2 Å². The van der Waals surface area contributed by atoms with Gasteiger partial charge < -0.3 is 0 Å². The van der Waals surface area contributed by atoms with E-state index in [1.807, 2.05) is 40.6 Å². The van der Waals surface area contributed by atoms with Crippen molar-refractivity contribution in [2.45, 2.75) is 5.75 Å². The Morgan fingerprint density at radius 2 is 2.09 bits per heavy atom. The molecular weight excluding hydrogens is 346 g/mol. The number of aromatic nitrogens is 4. The first kappa shape index (κ1) is 14.9. The van der Waals surface area contributed by atoms with Gasteiger partial charge in [-0.3, -0.25) is 4.99 Å². The SMILES string of the molecule is C(=C\c1nn2c(CSC3=NCCS3)nnc2s1)/c1ccccc1. The molecule has 0 unspecified atom stereocenters. The second kappa shape index (κ2) is 6.86. The highest BCUT2D eigenvalue weighted by molar-refractivity contribution is 8.38. The van der Waals surface area contributed by atoms with Gasteiger partial charge in [0.15, 0.2) is 5.82 Å². The molecule has 0 saturated carbocycles. The first-order valence-corrected chi connectivity index (χ1v) is 9.91.